The fourth-order valence-corrected chi connectivity index (χ4v) is 4.04. The van der Waals surface area contributed by atoms with Crippen LogP contribution in [0.2, 0.25) is 0 Å². The molecule has 0 heterocycles. The van der Waals surface area contributed by atoms with Crippen LogP contribution < -0.4 is 0 Å². The van der Waals surface area contributed by atoms with Crippen LogP contribution in [0.1, 0.15) is 133 Å². The van der Waals surface area contributed by atoms with E-state index < -0.39 is 0 Å². The lowest BCUT2D eigenvalue weighted by atomic mass is 9.96. The molecular weight excluding hydrogens is 336 g/mol. The molecule has 0 N–H and O–H groups in total. The summed E-state index contributed by atoms with van der Waals surface area (Å²) in [4.78, 5) is 0. The third kappa shape index (κ3) is 12.3. The average molecular weight is 383 g/mol. The van der Waals surface area contributed by atoms with Crippen molar-refractivity contribution < 1.29 is 0 Å². The number of unbranched alkanes of at least 4 members (excludes halogenated alkanes) is 14. The smallest absolute Gasteiger partial charge is 0.0277 e. The number of hydrogen-bond donors (Lipinski definition) is 0. The highest BCUT2D eigenvalue weighted by Crippen LogP contribution is 2.18. The van der Waals surface area contributed by atoms with Gasteiger partial charge in [0.15, 0.2) is 0 Å². The van der Waals surface area contributed by atoms with E-state index in [4.69, 9.17) is 6.42 Å². The standard InChI is InChI=1S/C28H46/c1-4-7-9-11-13-15-17-19-21-26-23-24-28(27(6-3)25-26)22-20-18-16-14-12-10-8-5-2/h3,23-25H,4-5,7-22H2,1-2H3. The van der Waals surface area contributed by atoms with Gasteiger partial charge in [-0.25, -0.2) is 0 Å². The van der Waals surface area contributed by atoms with E-state index in [1.54, 1.807) is 0 Å². The first kappa shape index (κ1) is 24.8. The van der Waals surface area contributed by atoms with E-state index >= 15 is 0 Å². The van der Waals surface area contributed by atoms with Crippen molar-refractivity contribution in [2.24, 2.45) is 0 Å². The third-order valence-corrected chi connectivity index (χ3v) is 5.95. The Hall–Kier alpha value is -1.22. The molecule has 1 aromatic carbocycles. The zero-order chi connectivity index (χ0) is 20.3. The second-order valence-electron chi connectivity index (χ2n) is 8.59. The minimum Gasteiger partial charge on any atom is -0.115 e. The molecule has 1 rings (SSSR count). The summed E-state index contributed by atoms with van der Waals surface area (Å²) in [6, 6.07) is 6.90. The van der Waals surface area contributed by atoms with Crippen molar-refractivity contribution in [2.45, 2.75) is 129 Å². The van der Waals surface area contributed by atoms with E-state index in [-0.39, 0.29) is 0 Å². The minimum atomic E-state index is 1.14. The van der Waals surface area contributed by atoms with Gasteiger partial charge in [-0.05, 0) is 42.9 Å². The molecule has 0 saturated heterocycles. The second-order valence-corrected chi connectivity index (χ2v) is 8.59. The quantitative estimate of drug-likeness (QED) is 0.175. The Morgan fingerprint density at radius 2 is 1.07 bits per heavy atom. The normalized spacial score (nSPS) is 10.9. The summed E-state index contributed by atoms with van der Waals surface area (Å²) in [6.45, 7) is 4.56. The molecule has 158 valence electrons. The van der Waals surface area contributed by atoms with Gasteiger partial charge in [-0.3, -0.25) is 0 Å². The molecule has 0 radical (unpaired) electrons. The number of aryl methyl sites for hydroxylation is 2. The largest absolute Gasteiger partial charge is 0.115 e. The number of hydrogen-bond acceptors (Lipinski definition) is 0. The second kappa shape index (κ2) is 17.8. The van der Waals surface area contributed by atoms with Crippen LogP contribution in [0.3, 0.4) is 0 Å². The van der Waals surface area contributed by atoms with E-state index in [0.29, 0.717) is 0 Å². The fourth-order valence-electron chi connectivity index (χ4n) is 4.04. The molecular formula is C28H46. The zero-order valence-electron chi connectivity index (χ0n) is 19.0. The summed E-state index contributed by atoms with van der Waals surface area (Å²) in [6.07, 6.45) is 30.1. The molecule has 0 fully saturated rings. The molecule has 0 spiro atoms. The van der Waals surface area contributed by atoms with Crippen molar-refractivity contribution in [3.8, 4) is 12.3 Å². The van der Waals surface area contributed by atoms with Crippen LogP contribution >= 0.6 is 0 Å². The lowest BCUT2D eigenvalue weighted by Gasteiger charge is -2.09. The first-order chi connectivity index (χ1) is 13.8. The first-order valence-corrected chi connectivity index (χ1v) is 12.4. The Labute approximate surface area is 176 Å². The van der Waals surface area contributed by atoms with E-state index in [2.05, 4.69) is 38.0 Å². The molecule has 0 aliphatic carbocycles. The van der Waals surface area contributed by atoms with Crippen LogP contribution in [0.25, 0.3) is 0 Å². The third-order valence-electron chi connectivity index (χ3n) is 5.95. The molecule has 0 bridgehead atoms. The van der Waals surface area contributed by atoms with E-state index in [1.165, 1.54) is 120 Å². The SMILES string of the molecule is C#Cc1cc(CCCCCCCCCC)ccc1CCCCCCCCCC. The van der Waals surface area contributed by atoms with Gasteiger partial charge in [0.05, 0.1) is 0 Å². The molecule has 28 heavy (non-hydrogen) atoms. The number of rotatable bonds is 18. The molecule has 1 aromatic rings. The van der Waals surface area contributed by atoms with Gasteiger partial charge >= 0.3 is 0 Å². The van der Waals surface area contributed by atoms with Gasteiger partial charge in [0.25, 0.3) is 0 Å². The van der Waals surface area contributed by atoms with Crippen LogP contribution in [0.5, 0.6) is 0 Å². The van der Waals surface area contributed by atoms with Crippen LogP contribution in [0, 0.1) is 12.3 Å². The Bertz CT molecular complexity index is 519. The maximum Gasteiger partial charge on any atom is 0.0277 e. The Morgan fingerprint density at radius 3 is 1.57 bits per heavy atom. The van der Waals surface area contributed by atoms with Crippen molar-refractivity contribution >= 4 is 0 Å². The highest BCUT2D eigenvalue weighted by Gasteiger charge is 2.03. The molecule has 0 atom stereocenters. The summed E-state index contributed by atoms with van der Waals surface area (Å²) in [5.74, 6) is 2.94. The maximum atomic E-state index is 5.80. The minimum absolute atomic E-state index is 1.14. The van der Waals surface area contributed by atoms with Gasteiger partial charge in [-0.1, -0.05) is 122 Å². The van der Waals surface area contributed by atoms with Crippen LogP contribution in [0.15, 0.2) is 18.2 Å². The summed E-state index contributed by atoms with van der Waals surface area (Å²) >= 11 is 0. The predicted octanol–water partition coefficient (Wildman–Crippen LogP) is 9.03. The molecule has 0 saturated carbocycles. The van der Waals surface area contributed by atoms with E-state index in [1.807, 2.05) is 0 Å². The Kier molecular flexibility index (Phi) is 15.8. The van der Waals surface area contributed by atoms with Crippen molar-refractivity contribution in [3.05, 3.63) is 34.9 Å². The fraction of sp³-hybridized carbons (Fsp3) is 0.714. The Balaban J connectivity index is 2.19. The summed E-state index contributed by atoms with van der Waals surface area (Å²) in [5.41, 5.74) is 3.95. The average Bonchev–Trinajstić information content (AvgIpc) is 2.72. The Morgan fingerprint density at radius 1 is 0.607 bits per heavy atom. The number of terminal acetylenes is 1. The van der Waals surface area contributed by atoms with Crippen LogP contribution in [0.4, 0.5) is 0 Å². The van der Waals surface area contributed by atoms with Crippen molar-refractivity contribution in [2.75, 3.05) is 0 Å². The monoisotopic (exact) mass is 382 g/mol. The van der Waals surface area contributed by atoms with Crippen molar-refractivity contribution in [1.82, 2.24) is 0 Å². The van der Waals surface area contributed by atoms with Crippen LogP contribution in [-0.4, -0.2) is 0 Å². The molecule has 0 aliphatic heterocycles. The summed E-state index contributed by atoms with van der Waals surface area (Å²) in [7, 11) is 0. The molecule has 0 aromatic heterocycles. The number of benzene rings is 1. The predicted molar refractivity (Wildman–Crippen MR) is 127 cm³/mol. The summed E-state index contributed by atoms with van der Waals surface area (Å²) < 4.78 is 0. The lowest BCUT2D eigenvalue weighted by molar-refractivity contribution is 0.574. The van der Waals surface area contributed by atoms with Gasteiger partial charge in [0.2, 0.25) is 0 Å². The zero-order valence-corrected chi connectivity index (χ0v) is 19.0. The molecule has 0 nitrogen and oxygen atoms in total. The van der Waals surface area contributed by atoms with Gasteiger partial charge < -0.3 is 0 Å². The first-order valence-electron chi connectivity index (χ1n) is 12.4. The van der Waals surface area contributed by atoms with Crippen molar-refractivity contribution in [3.63, 3.8) is 0 Å². The molecule has 0 aliphatic rings. The van der Waals surface area contributed by atoms with Gasteiger partial charge in [-0.2, -0.15) is 0 Å². The van der Waals surface area contributed by atoms with Gasteiger partial charge in [0.1, 0.15) is 0 Å². The van der Waals surface area contributed by atoms with Gasteiger partial charge in [-0.15, -0.1) is 6.42 Å². The highest BCUT2D eigenvalue weighted by atomic mass is 14.1. The van der Waals surface area contributed by atoms with Crippen molar-refractivity contribution in [1.29, 1.82) is 0 Å². The van der Waals surface area contributed by atoms with Crippen LogP contribution in [-0.2, 0) is 12.8 Å². The lowest BCUT2D eigenvalue weighted by Crippen LogP contribution is -1.95. The maximum absolute atomic E-state index is 5.80. The summed E-state index contributed by atoms with van der Waals surface area (Å²) in [5, 5.41) is 0. The highest BCUT2D eigenvalue weighted by molar-refractivity contribution is 5.42. The molecule has 0 heteroatoms. The molecule has 0 amide bonds. The topological polar surface area (TPSA) is 0 Å². The molecule has 0 unspecified atom stereocenters. The van der Waals surface area contributed by atoms with E-state index in [0.717, 1.165) is 12.0 Å². The van der Waals surface area contributed by atoms with E-state index in [9.17, 15) is 0 Å². The van der Waals surface area contributed by atoms with Gasteiger partial charge in [0, 0.05) is 5.56 Å².